The summed E-state index contributed by atoms with van der Waals surface area (Å²) < 4.78 is 9.69. The van der Waals surface area contributed by atoms with Crippen LogP contribution in [0.25, 0.3) is 0 Å². The van der Waals surface area contributed by atoms with Crippen LogP contribution in [0.15, 0.2) is 0 Å². The predicted octanol–water partition coefficient (Wildman–Crippen LogP) is 1.01. The molecule has 0 radical (unpaired) electrons. The second-order valence-corrected chi connectivity index (χ2v) is 3.51. The zero-order chi connectivity index (χ0) is 8.41. The Bertz CT molecular complexity index is 104. The summed E-state index contributed by atoms with van der Waals surface area (Å²) in [6.45, 7) is 3.47. The van der Waals surface area contributed by atoms with Gasteiger partial charge in [0.15, 0.2) is 0 Å². The molecule has 0 aromatic heterocycles. The van der Waals surface area contributed by atoms with E-state index in [-0.39, 0.29) is 5.31 Å². The molecule has 0 aliphatic rings. The Balaban J connectivity index is 4.33. The molecule has 0 aromatic rings. The number of hydrogen-bond acceptors (Lipinski definition) is 3. The van der Waals surface area contributed by atoms with Gasteiger partial charge in [0.2, 0.25) is 0 Å². The van der Waals surface area contributed by atoms with E-state index in [0.717, 1.165) is 0 Å². The van der Waals surface area contributed by atoms with Crippen molar-refractivity contribution in [3.8, 4) is 0 Å². The van der Waals surface area contributed by atoms with Crippen molar-refractivity contribution in [1.82, 2.24) is 0 Å². The Labute approximate surface area is 62.3 Å². The van der Waals surface area contributed by atoms with E-state index in [0.29, 0.717) is 0 Å². The summed E-state index contributed by atoms with van der Waals surface area (Å²) in [6, 6.07) is 0. The minimum atomic E-state index is -2.12. The highest BCUT2D eigenvalue weighted by Gasteiger charge is 2.36. The smallest absolute Gasteiger partial charge is 0.381 e. The molecule has 0 rings (SSSR count). The standard InChI is InChI=1S/C6H16BO3/c1-6(2,3)7(8,9-4)10-5/h8H,1-5H3/q-1. The molecule has 0 aliphatic heterocycles. The molecule has 62 valence electrons. The molecule has 0 fully saturated rings. The van der Waals surface area contributed by atoms with E-state index in [1.165, 1.54) is 14.2 Å². The minimum absolute atomic E-state index is 0.372. The van der Waals surface area contributed by atoms with Crippen LogP contribution in [-0.2, 0) is 9.31 Å². The summed E-state index contributed by atoms with van der Waals surface area (Å²) in [7, 11) is 2.88. The van der Waals surface area contributed by atoms with Gasteiger partial charge in [-0.25, -0.2) is 0 Å². The van der Waals surface area contributed by atoms with Gasteiger partial charge in [0.05, 0.1) is 0 Å². The maximum absolute atomic E-state index is 9.58. The fourth-order valence-electron chi connectivity index (χ4n) is 0.803. The summed E-state index contributed by atoms with van der Waals surface area (Å²) in [6.07, 6.45) is 0. The molecule has 1 N–H and O–H groups in total. The van der Waals surface area contributed by atoms with Crippen molar-refractivity contribution in [2.24, 2.45) is 0 Å². The molecule has 0 spiro atoms. The molecule has 0 heterocycles. The molecule has 0 aliphatic carbocycles. The van der Waals surface area contributed by atoms with Crippen molar-refractivity contribution in [3.05, 3.63) is 0 Å². The van der Waals surface area contributed by atoms with Crippen molar-refractivity contribution >= 4 is 6.75 Å². The summed E-state index contributed by atoms with van der Waals surface area (Å²) >= 11 is 0. The van der Waals surface area contributed by atoms with Crippen LogP contribution >= 0.6 is 0 Å². The Hall–Kier alpha value is -0.0551. The van der Waals surface area contributed by atoms with Crippen LogP contribution in [0, 0.1) is 0 Å². The van der Waals surface area contributed by atoms with Gasteiger partial charge in [0.25, 0.3) is 0 Å². The molecule has 0 bridgehead atoms. The lowest BCUT2D eigenvalue weighted by Crippen LogP contribution is -2.49. The maximum atomic E-state index is 9.58. The first-order valence-electron chi connectivity index (χ1n) is 3.33. The molecular formula is C6H16BO3-. The van der Waals surface area contributed by atoms with Gasteiger partial charge in [-0.15, -0.1) is 0 Å². The van der Waals surface area contributed by atoms with Gasteiger partial charge in [-0.2, -0.15) is 0 Å². The van der Waals surface area contributed by atoms with E-state index in [1.807, 2.05) is 20.8 Å². The van der Waals surface area contributed by atoms with E-state index in [9.17, 15) is 5.02 Å². The van der Waals surface area contributed by atoms with Crippen molar-refractivity contribution in [2.45, 2.75) is 26.1 Å². The first-order valence-corrected chi connectivity index (χ1v) is 3.33. The highest BCUT2D eigenvalue weighted by atomic mass is 16.7. The predicted molar refractivity (Wildman–Crippen MR) is 41.7 cm³/mol. The van der Waals surface area contributed by atoms with Crippen LogP contribution in [-0.4, -0.2) is 26.0 Å². The quantitative estimate of drug-likeness (QED) is 0.592. The lowest BCUT2D eigenvalue weighted by molar-refractivity contribution is 0.124. The van der Waals surface area contributed by atoms with Crippen LogP contribution in [0.2, 0.25) is 5.31 Å². The normalized spacial score (nSPS) is 13.8. The van der Waals surface area contributed by atoms with Crippen LogP contribution in [0.3, 0.4) is 0 Å². The van der Waals surface area contributed by atoms with Gasteiger partial charge >= 0.3 is 6.75 Å². The van der Waals surface area contributed by atoms with E-state index < -0.39 is 6.75 Å². The third-order valence-corrected chi connectivity index (χ3v) is 1.73. The maximum Gasteiger partial charge on any atom is 0.381 e. The average molecular weight is 147 g/mol. The fourth-order valence-corrected chi connectivity index (χ4v) is 0.803. The second-order valence-electron chi connectivity index (χ2n) is 3.51. The zero-order valence-corrected chi connectivity index (χ0v) is 7.34. The van der Waals surface area contributed by atoms with Crippen LogP contribution in [0.4, 0.5) is 0 Å². The van der Waals surface area contributed by atoms with Gasteiger partial charge in [0, 0.05) is 0 Å². The minimum Gasteiger partial charge on any atom is -0.559 e. The number of hydrogen-bond donors (Lipinski definition) is 1. The Kier molecular flexibility index (Phi) is 2.89. The molecule has 0 aromatic carbocycles. The van der Waals surface area contributed by atoms with Crippen LogP contribution in [0.5, 0.6) is 0 Å². The molecule has 0 saturated carbocycles. The van der Waals surface area contributed by atoms with E-state index >= 15 is 0 Å². The average Bonchev–Trinajstić information content (AvgIpc) is 1.84. The van der Waals surface area contributed by atoms with E-state index in [4.69, 9.17) is 9.31 Å². The largest absolute Gasteiger partial charge is 0.559 e. The van der Waals surface area contributed by atoms with Crippen molar-refractivity contribution in [1.29, 1.82) is 0 Å². The highest BCUT2D eigenvalue weighted by molar-refractivity contribution is 6.62. The molecule has 0 atom stereocenters. The third-order valence-electron chi connectivity index (χ3n) is 1.73. The van der Waals surface area contributed by atoms with Crippen molar-refractivity contribution < 1.29 is 14.3 Å². The lowest BCUT2D eigenvalue weighted by atomic mass is 9.54. The molecule has 3 nitrogen and oxygen atoms in total. The SMILES string of the molecule is CO[B-](O)(OC)C(C)(C)C. The van der Waals surface area contributed by atoms with Crippen LogP contribution < -0.4 is 0 Å². The fraction of sp³-hybridized carbons (Fsp3) is 1.00. The third kappa shape index (κ3) is 1.72. The molecule has 4 heteroatoms. The van der Waals surface area contributed by atoms with Gasteiger partial charge in [-0.1, -0.05) is 26.1 Å². The van der Waals surface area contributed by atoms with Gasteiger partial charge in [-0.3, -0.25) is 0 Å². The Morgan fingerprint density at radius 1 is 1.10 bits per heavy atom. The molecule has 0 saturated heterocycles. The molecular weight excluding hydrogens is 131 g/mol. The van der Waals surface area contributed by atoms with Crippen LogP contribution in [0.1, 0.15) is 20.8 Å². The second kappa shape index (κ2) is 2.90. The Morgan fingerprint density at radius 3 is 1.40 bits per heavy atom. The summed E-state index contributed by atoms with van der Waals surface area (Å²) in [5.41, 5.74) is 0. The van der Waals surface area contributed by atoms with Crippen molar-refractivity contribution in [2.75, 3.05) is 14.2 Å². The van der Waals surface area contributed by atoms with Gasteiger partial charge in [0.1, 0.15) is 0 Å². The van der Waals surface area contributed by atoms with E-state index in [2.05, 4.69) is 0 Å². The topological polar surface area (TPSA) is 38.7 Å². The lowest BCUT2D eigenvalue weighted by Gasteiger charge is -2.43. The van der Waals surface area contributed by atoms with Gasteiger partial charge in [-0.05, 0) is 14.2 Å². The zero-order valence-electron chi connectivity index (χ0n) is 7.34. The number of rotatable bonds is 2. The first kappa shape index (κ1) is 9.94. The highest BCUT2D eigenvalue weighted by Crippen LogP contribution is 2.34. The summed E-state index contributed by atoms with van der Waals surface area (Å²) in [5, 5.41) is 9.21. The Morgan fingerprint density at radius 2 is 1.40 bits per heavy atom. The van der Waals surface area contributed by atoms with E-state index in [1.54, 1.807) is 0 Å². The summed E-state index contributed by atoms with van der Waals surface area (Å²) in [5.74, 6) is 0. The first-order chi connectivity index (χ1) is 4.37. The molecule has 0 amide bonds. The molecule has 0 unspecified atom stereocenters. The van der Waals surface area contributed by atoms with Crippen molar-refractivity contribution in [3.63, 3.8) is 0 Å². The monoisotopic (exact) mass is 147 g/mol. The summed E-state index contributed by atoms with van der Waals surface area (Å²) in [4.78, 5) is 0. The molecule has 10 heavy (non-hydrogen) atoms. The van der Waals surface area contributed by atoms with Gasteiger partial charge < -0.3 is 14.3 Å².